The van der Waals surface area contributed by atoms with Gasteiger partial charge in [-0.1, -0.05) is 0 Å². The number of methoxy groups -OCH3 is 1. The van der Waals surface area contributed by atoms with Crippen LogP contribution < -0.4 is 5.43 Å². The van der Waals surface area contributed by atoms with E-state index in [0.29, 0.717) is 0 Å². The van der Waals surface area contributed by atoms with E-state index in [4.69, 9.17) is 4.74 Å². The predicted octanol–water partition coefficient (Wildman–Crippen LogP) is 2.63. The van der Waals surface area contributed by atoms with Crippen molar-refractivity contribution in [1.29, 1.82) is 0 Å². The molecule has 0 atom stereocenters. The van der Waals surface area contributed by atoms with Gasteiger partial charge < -0.3 is 4.74 Å². The van der Waals surface area contributed by atoms with Crippen LogP contribution >= 0.6 is 0 Å². The first-order valence-corrected chi connectivity index (χ1v) is 5.74. The van der Waals surface area contributed by atoms with Gasteiger partial charge in [0.1, 0.15) is 0 Å². The lowest BCUT2D eigenvalue weighted by Crippen LogP contribution is -2.17. The van der Waals surface area contributed by atoms with Crippen LogP contribution in [0.3, 0.4) is 0 Å². The number of alkyl halides is 3. The number of halogens is 3. The molecule has 0 radical (unpaired) electrons. The van der Waals surface area contributed by atoms with E-state index < -0.39 is 11.9 Å². The molecule has 5 nitrogen and oxygen atoms in total. The molecule has 0 fully saturated rings. The van der Waals surface area contributed by atoms with Gasteiger partial charge in [-0.2, -0.15) is 13.2 Å². The number of rotatable bonds is 4. The highest BCUT2D eigenvalue weighted by Crippen LogP contribution is 2.31. The lowest BCUT2D eigenvalue weighted by atomic mass is 10.2. The average Bonchev–Trinajstić information content (AvgIpc) is 2.76. The Morgan fingerprint density at radius 2 is 2.15 bits per heavy atom. The molecule has 0 aliphatic carbocycles. The van der Waals surface area contributed by atoms with E-state index in [2.05, 4.69) is 15.4 Å². The maximum atomic E-state index is 12.9. The summed E-state index contributed by atoms with van der Waals surface area (Å²) in [4.78, 5) is 7.37. The minimum absolute atomic E-state index is 0.103. The normalized spacial score (nSPS) is 11.7. The number of hydrogen-bond donors (Lipinski definition) is 1. The zero-order valence-corrected chi connectivity index (χ0v) is 10.9. The molecule has 1 N–H and O–H groups in total. The highest BCUT2D eigenvalue weighted by molar-refractivity contribution is 5.31. The van der Waals surface area contributed by atoms with E-state index in [1.165, 1.54) is 11.8 Å². The van der Waals surface area contributed by atoms with Crippen LogP contribution in [0.5, 0.6) is 0 Å². The second-order valence-corrected chi connectivity index (χ2v) is 4.21. The molecule has 2 rings (SSSR count). The fourth-order valence-corrected chi connectivity index (χ4v) is 1.66. The lowest BCUT2D eigenvalue weighted by Gasteiger charge is -2.13. The van der Waals surface area contributed by atoms with Crippen molar-refractivity contribution in [2.45, 2.75) is 19.7 Å². The predicted molar refractivity (Wildman–Crippen MR) is 65.9 cm³/mol. The van der Waals surface area contributed by atoms with E-state index in [1.54, 1.807) is 18.5 Å². The molecule has 0 unspecified atom stereocenters. The van der Waals surface area contributed by atoms with E-state index in [1.807, 2.05) is 6.92 Å². The summed E-state index contributed by atoms with van der Waals surface area (Å²) in [6.45, 7) is 1.67. The number of hydrogen-bond acceptors (Lipinski definition) is 4. The zero-order chi connectivity index (χ0) is 14.8. The van der Waals surface area contributed by atoms with Gasteiger partial charge in [0.05, 0.1) is 6.61 Å². The minimum atomic E-state index is -4.56. The maximum Gasteiger partial charge on any atom is 0.433 e. The largest absolute Gasteiger partial charge is 0.433 e. The van der Waals surface area contributed by atoms with Crippen LogP contribution in [-0.2, 0) is 17.5 Å². The van der Waals surface area contributed by atoms with Crippen LogP contribution in [0.25, 0.3) is 0 Å². The average molecular weight is 286 g/mol. The van der Waals surface area contributed by atoms with Gasteiger partial charge in [-0.15, -0.1) is 0 Å². The molecule has 0 saturated carbocycles. The van der Waals surface area contributed by atoms with Gasteiger partial charge in [0.25, 0.3) is 0 Å². The first-order chi connectivity index (χ1) is 9.40. The second-order valence-electron chi connectivity index (χ2n) is 4.21. The van der Waals surface area contributed by atoms with E-state index in [0.717, 1.165) is 11.8 Å². The Labute approximate surface area is 113 Å². The third-order valence-electron chi connectivity index (χ3n) is 2.50. The Morgan fingerprint density at radius 1 is 1.40 bits per heavy atom. The topological polar surface area (TPSA) is 52.0 Å². The first kappa shape index (κ1) is 14.3. The molecule has 0 amide bonds. The highest BCUT2D eigenvalue weighted by atomic mass is 19.4. The van der Waals surface area contributed by atoms with Crippen LogP contribution in [-0.4, -0.2) is 21.8 Å². The van der Waals surface area contributed by atoms with Gasteiger partial charge in [0.15, 0.2) is 5.69 Å². The quantitative estimate of drug-likeness (QED) is 0.938. The van der Waals surface area contributed by atoms with Gasteiger partial charge in [0.2, 0.25) is 5.95 Å². The van der Waals surface area contributed by atoms with E-state index in [-0.39, 0.29) is 18.1 Å². The standard InChI is InChI=1S/C12H13F3N4O/c1-8-3-4-19(6-8)18-11-16-5-9(7-20-2)10(17-11)12(13,14)15/h3-6H,7H2,1-2H3,(H,16,17,18). The molecule has 0 spiro atoms. The number of aromatic nitrogens is 3. The van der Waals surface area contributed by atoms with Gasteiger partial charge in [-0.05, 0) is 18.6 Å². The Kier molecular flexibility index (Phi) is 3.93. The third kappa shape index (κ3) is 3.27. The van der Waals surface area contributed by atoms with Crippen molar-refractivity contribution in [1.82, 2.24) is 14.6 Å². The maximum absolute atomic E-state index is 12.9. The molecular formula is C12H13F3N4O. The molecule has 0 aliphatic heterocycles. The van der Waals surface area contributed by atoms with Crippen LogP contribution in [0.4, 0.5) is 19.1 Å². The van der Waals surface area contributed by atoms with Gasteiger partial charge >= 0.3 is 6.18 Å². The number of nitrogens with one attached hydrogen (secondary N) is 1. The number of ether oxygens (including phenoxy) is 1. The summed E-state index contributed by atoms with van der Waals surface area (Å²) in [5.41, 5.74) is 2.52. The fourth-order valence-electron chi connectivity index (χ4n) is 1.66. The first-order valence-electron chi connectivity index (χ1n) is 5.74. The Morgan fingerprint density at radius 3 is 2.70 bits per heavy atom. The fraction of sp³-hybridized carbons (Fsp3) is 0.333. The van der Waals surface area contributed by atoms with Crippen LogP contribution in [0.2, 0.25) is 0 Å². The van der Waals surface area contributed by atoms with Crippen molar-refractivity contribution in [2.75, 3.05) is 12.5 Å². The van der Waals surface area contributed by atoms with Crippen molar-refractivity contribution in [3.8, 4) is 0 Å². The van der Waals surface area contributed by atoms with Crippen molar-refractivity contribution < 1.29 is 17.9 Å². The molecule has 2 heterocycles. The lowest BCUT2D eigenvalue weighted by molar-refractivity contribution is -0.142. The monoisotopic (exact) mass is 286 g/mol. The third-order valence-corrected chi connectivity index (χ3v) is 2.50. The molecule has 2 aromatic heterocycles. The van der Waals surface area contributed by atoms with Crippen molar-refractivity contribution >= 4 is 5.95 Å². The van der Waals surface area contributed by atoms with Crippen LogP contribution in [0.1, 0.15) is 16.8 Å². The number of aryl methyl sites for hydroxylation is 1. The number of nitrogens with zero attached hydrogens (tertiary/aromatic N) is 3. The summed E-state index contributed by atoms with van der Waals surface area (Å²) >= 11 is 0. The molecular weight excluding hydrogens is 273 g/mol. The van der Waals surface area contributed by atoms with Gasteiger partial charge in [-0.25, -0.2) is 9.97 Å². The van der Waals surface area contributed by atoms with E-state index >= 15 is 0 Å². The highest BCUT2D eigenvalue weighted by Gasteiger charge is 2.36. The van der Waals surface area contributed by atoms with Gasteiger partial charge in [0, 0.05) is 31.3 Å². The molecule has 20 heavy (non-hydrogen) atoms. The van der Waals surface area contributed by atoms with Crippen molar-refractivity contribution in [2.24, 2.45) is 0 Å². The van der Waals surface area contributed by atoms with Crippen molar-refractivity contribution in [3.63, 3.8) is 0 Å². The van der Waals surface area contributed by atoms with Crippen LogP contribution in [0, 0.1) is 6.92 Å². The summed E-state index contributed by atoms with van der Waals surface area (Å²) in [5.74, 6) is -0.132. The molecule has 2 aromatic rings. The second kappa shape index (κ2) is 5.49. The summed E-state index contributed by atoms with van der Waals surface area (Å²) in [5, 5.41) is 0. The Balaban J connectivity index is 2.31. The minimum Gasteiger partial charge on any atom is -0.380 e. The summed E-state index contributed by atoms with van der Waals surface area (Å²) in [7, 11) is 1.31. The zero-order valence-electron chi connectivity index (χ0n) is 10.9. The number of anilines is 1. The molecule has 0 aromatic carbocycles. The smallest absolute Gasteiger partial charge is 0.380 e. The van der Waals surface area contributed by atoms with Gasteiger partial charge in [-0.3, -0.25) is 10.1 Å². The molecule has 0 aliphatic rings. The summed E-state index contributed by atoms with van der Waals surface area (Å²) < 4.78 is 44.9. The Hall–Kier alpha value is -2.09. The summed E-state index contributed by atoms with van der Waals surface area (Å²) in [6.07, 6.45) is -0.0768. The SMILES string of the molecule is COCc1cnc(Nn2ccc(C)c2)nc1C(F)(F)F. The van der Waals surface area contributed by atoms with Crippen molar-refractivity contribution in [3.05, 3.63) is 41.5 Å². The van der Waals surface area contributed by atoms with Crippen LogP contribution in [0.15, 0.2) is 24.7 Å². The Bertz CT molecular complexity index is 595. The molecule has 8 heteroatoms. The molecule has 108 valence electrons. The molecule has 0 saturated heterocycles. The van der Waals surface area contributed by atoms with E-state index in [9.17, 15) is 13.2 Å². The summed E-state index contributed by atoms with van der Waals surface area (Å²) in [6, 6.07) is 1.80. The molecule has 0 bridgehead atoms.